The molecule has 4 nitrogen and oxygen atoms in total. The predicted molar refractivity (Wildman–Crippen MR) is 69.2 cm³/mol. The molecule has 1 rings (SSSR count). The SMILES string of the molecule is CNc1ccccc1C(=O)N(CCO)C(C)C. The maximum Gasteiger partial charge on any atom is 0.256 e. The van der Waals surface area contributed by atoms with Crippen molar-refractivity contribution in [3.8, 4) is 0 Å². The zero-order chi connectivity index (χ0) is 12.8. The summed E-state index contributed by atoms with van der Waals surface area (Å²) in [6.07, 6.45) is 0. The number of amides is 1. The first-order valence-corrected chi connectivity index (χ1v) is 5.80. The van der Waals surface area contributed by atoms with Gasteiger partial charge >= 0.3 is 0 Å². The van der Waals surface area contributed by atoms with E-state index in [1.807, 2.05) is 32.0 Å². The van der Waals surface area contributed by atoms with Crippen molar-refractivity contribution < 1.29 is 9.90 Å². The quantitative estimate of drug-likeness (QED) is 0.816. The maximum atomic E-state index is 12.3. The Balaban J connectivity index is 3.00. The lowest BCUT2D eigenvalue weighted by Gasteiger charge is -2.26. The molecular weight excluding hydrogens is 216 g/mol. The molecule has 0 aliphatic heterocycles. The molecule has 0 aromatic heterocycles. The highest BCUT2D eigenvalue weighted by Crippen LogP contribution is 2.17. The van der Waals surface area contributed by atoms with E-state index in [9.17, 15) is 4.79 Å². The molecule has 1 amide bonds. The van der Waals surface area contributed by atoms with Crippen molar-refractivity contribution in [1.82, 2.24) is 4.90 Å². The van der Waals surface area contributed by atoms with Gasteiger partial charge in [0, 0.05) is 25.3 Å². The Morgan fingerprint density at radius 1 is 1.41 bits per heavy atom. The number of aliphatic hydroxyl groups is 1. The van der Waals surface area contributed by atoms with Gasteiger partial charge in [0.25, 0.3) is 5.91 Å². The predicted octanol–water partition coefficient (Wildman–Crippen LogP) is 1.57. The second kappa shape index (κ2) is 6.25. The number of carbonyl (C=O) groups is 1. The molecule has 94 valence electrons. The van der Waals surface area contributed by atoms with Crippen LogP contribution in [0.15, 0.2) is 24.3 Å². The highest BCUT2D eigenvalue weighted by Gasteiger charge is 2.20. The van der Waals surface area contributed by atoms with Gasteiger partial charge in [0.15, 0.2) is 0 Å². The van der Waals surface area contributed by atoms with Gasteiger partial charge in [0.2, 0.25) is 0 Å². The third kappa shape index (κ3) is 3.20. The van der Waals surface area contributed by atoms with E-state index in [-0.39, 0.29) is 18.6 Å². The minimum absolute atomic E-state index is 0.0222. The van der Waals surface area contributed by atoms with Crippen molar-refractivity contribution in [2.45, 2.75) is 19.9 Å². The van der Waals surface area contributed by atoms with E-state index in [4.69, 9.17) is 5.11 Å². The van der Waals surface area contributed by atoms with E-state index in [0.29, 0.717) is 12.1 Å². The van der Waals surface area contributed by atoms with Crippen molar-refractivity contribution in [1.29, 1.82) is 0 Å². The smallest absolute Gasteiger partial charge is 0.256 e. The number of hydrogen-bond acceptors (Lipinski definition) is 3. The summed E-state index contributed by atoms with van der Waals surface area (Å²) in [6.45, 7) is 4.21. The highest BCUT2D eigenvalue weighted by atomic mass is 16.3. The molecule has 17 heavy (non-hydrogen) atoms. The van der Waals surface area contributed by atoms with Crippen LogP contribution in [0.3, 0.4) is 0 Å². The van der Waals surface area contributed by atoms with Crippen molar-refractivity contribution in [2.75, 3.05) is 25.5 Å². The number of anilines is 1. The first kappa shape index (κ1) is 13.5. The molecule has 0 aliphatic rings. The van der Waals surface area contributed by atoms with Gasteiger partial charge in [0.1, 0.15) is 0 Å². The van der Waals surface area contributed by atoms with E-state index in [1.165, 1.54) is 0 Å². The molecule has 1 aromatic carbocycles. The number of aliphatic hydroxyl groups excluding tert-OH is 1. The standard InChI is InChI=1S/C13H20N2O2/c1-10(2)15(8-9-16)13(17)11-6-4-5-7-12(11)14-3/h4-7,10,14,16H,8-9H2,1-3H3. The van der Waals surface area contributed by atoms with E-state index < -0.39 is 0 Å². The normalized spacial score (nSPS) is 10.4. The van der Waals surface area contributed by atoms with Crippen LogP contribution < -0.4 is 5.32 Å². The van der Waals surface area contributed by atoms with Crippen molar-refractivity contribution in [2.24, 2.45) is 0 Å². The fourth-order valence-electron chi connectivity index (χ4n) is 1.74. The van der Waals surface area contributed by atoms with Crippen molar-refractivity contribution >= 4 is 11.6 Å². The van der Waals surface area contributed by atoms with Crippen molar-refractivity contribution in [3.63, 3.8) is 0 Å². The Kier molecular flexibility index (Phi) is 4.97. The largest absolute Gasteiger partial charge is 0.395 e. The van der Waals surface area contributed by atoms with Crippen LogP contribution in [0.4, 0.5) is 5.69 Å². The summed E-state index contributed by atoms with van der Waals surface area (Å²) in [5.41, 5.74) is 1.44. The summed E-state index contributed by atoms with van der Waals surface area (Å²) >= 11 is 0. The topological polar surface area (TPSA) is 52.6 Å². The molecule has 0 fully saturated rings. The average molecular weight is 236 g/mol. The lowest BCUT2D eigenvalue weighted by atomic mass is 10.1. The lowest BCUT2D eigenvalue weighted by molar-refractivity contribution is 0.0666. The summed E-state index contributed by atoms with van der Waals surface area (Å²) in [7, 11) is 1.79. The van der Waals surface area contributed by atoms with Gasteiger partial charge in [-0.25, -0.2) is 0 Å². The number of para-hydroxylation sites is 1. The second-order valence-corrected chi connectivity index (χ2v) is 4.11. The Labute approximate surface area is 102 Å². The van der Waals surface area contributed by atoms with Crippen LogP contribution in [0.25, 0.3) is 0 Å². The molecule has 0 heterocycles. The fourth-order valence-corrected chi connectivity index (χ4v) is 1.74. The van der Waals surface area contributed by atoms with Crippen LogP contribution in [0, 0.1) is 0 Å². The number of carbonyl (C=O) groups excluding carboxylic acids is 1. The summed E-state index contributed by atoms with van der Waals surface area (Å²) in [4.78, 5) is 14.0. The molecular formula is C13H20N2O2. The Bertz CT molecular complexity index is 377. The highest BCUT2D eigenvalue weighted by molar-refractivity contribution is 5.99. The number of benzene rings is 1. The molecule has 0 bridgehead atoms. The van der Waals surface area contributed by atoms with Crippen molar-refractivity contribution in [3.05, 3.63) is 29.8 Å². The summed E-state index contributed by atoms with van der Waals surface area (Å²) < 4.78 is 0. The Morgan fingerprint density at radius 3 is 2.59 bits per heavy atom. The van der Waals surface area contributed by atoms with E-state index in [0.717, 1.165) is 5.69 Å². The molecule has 0 unspecified atom stereocenters. The van der Waals surface area contributed by atoms with Crippen LogP contribution in [0.2, 0.25) is 0 Å². The van der Waals surface area contributed by atoms with Crippen LogP contribution >= 0.6 is 0 Å². The first-order chi connectivity index (χ1) is 8.11. The molecule has 0 saturated heterocycles. The minimum Gasteiger partial charge on any atom is -0.395 e. The summed E-state index contributed by atoms with van der Waals surface area (Å²) in [5.74, 6) is -0.0565. The average Bonchev–Trinajstić information content (AvgIpc) is 2.34. The van der Waals surface area contributed by atoms with Gasteiger partial charge < -0.3 is 15.3 Å². The number of nitrogens with zero attached hydrogens (tertiary/aromatic N) is 1. The van der Waals surface area contributed by atoms with Crippen LogP contribution in [-0.2, 0) is 0 Å². The molecule has 0 saturated carbocycles. The third-order valence-electron chi connectivity index (χ3n) is 2.65. The molecule has 0 spiro atoms. The second-order valence-electron chi connectivity index (χ2n) is 4.11. The van der Waals surface area contributed by atoms with Gasteiger partial charge in [0.05, 0.1) is 12.2 Å². The molecule has 4 heteroatoms. The molecule has 1 aromatic rings. The number of hydrogen-bond donors (Lipinski definition) is 2. The Hall–Kier alpha value is -1.55. The number of nitrogens with one attached hydrogen (secondary N) is 1. The van der Waals surface area contributed by atoms with E-state index in [2.05, 4.69) is 5.32 Å². The van der Waals surface area contributed by atoms with E-state index in [1.54, 1.807) is 18.0 Å². The maximum absolute atomic E-state index is 12.3. The monoisotopic (exact) mass is 236 g/mol. The summed E-state index contributed by atoms with van der Waals surface area (Å²) in [5, 5.41) is 12.0. The molecule has 0 aliphatic carbocycles. The first-order valence-electron chi connectivity index (χ1n) is 5.80. The van der Waals surface area contributed by atoms with E-state index >= 15 is 0 Å². The van der Waals surface area contributed by atoms with Gasteiger partial charge in [-0.3, -0.25) is 4.79 Å². The van der Waals surface area contributed by atoms with Crippen LogP contribution in [-0.4, -0.2) is 42.2 Å². The molecule has 0 atom stereocenters. The van der Waals surface area contributed by atoms with Gasteiger partial charge in [-0.05, 0) is 26.0 Å². The van der Waals surface area contributed by atoms with Gasteiger partial charge in [-0.2, -0.15) is 0 Å². The number of rotatable bonds is 5. The summed E-state index contributed by atoms with van der Waals surface area (Å²) in [6, 6.07) is 7.45. The zero-order valence-corrected chi connectivity index (χ0v) is 10.6. The third-order valence-corrected chi connectivity index (χ3v) is 2.65. The fraction of sp³-hybridized carbons (Fsp3) is 0.462. The van der Waals surface area contributed by atoms with Crippen LogP contribution in [0.5, 0.6) is 0 Å². The lowest BCUT2D eigenvalue weighted by Crippen LogP contribution is -2.39. The molecule has 2 N–H and O–H groups in total. The zero-order valence-electron chi connectivity index (χ0n) is 10.6. The Morgan fingerprint density at radius 2 is 2.06 bits per heavy atom. The van der Waals surface area contributed by atoms with Gasteiger partial charge in [-0.1, -0.05) is 12.1 Å². The molecule has 0 radical (unpaired) electrons. The van der Waals surface area contributed by atoms with Crippen LogP contribution in [0.1, 0.15) is 24.2 Å². The minimum atomic E-state index is -0.0565. The van der Waals surface area contributed by atoms with Gasteiger partial charge in [-0.15, -0.1) is 0 Å².